The summed E-state index contributed by atoms with van der Waals surface area (Å²) in [6, 6.07) is 5.53. The second-order valence-electron chi connectivity index (χ2n) is 7.67. The molecule has 0 bridgehead atoms. The van der Waals surface area contributed by atoms with Crippen molar-refractivity contribution in [2.75, 3.05) is 33.3 Å². The van der Waals surface area contributed by atoms with Crippen LogP contribution in [0.15, 0.2) is 24.3 Å². The Morgan fingerprint density at radius 3 is 1.43 bits per heavy atom. The topological polar surface area (TPSA) is 49.4 Å². The van der Waals surface area contributed by atoms with Crippen molar-refractivity contribution in [2.24, 2.45) is 0 Å². The minimum absolute atomic E-state index is 0.113. The maximum Gasteiger partial charge on any atom is 0.337 e. The van der Waals surface area contributed by atoms with Gasteiger partial charge < -0.3 is 14.3 Å². The molecule has 0 saturated heterocycles. The number of unbranched alkanes of at least 4 members (excludes halogenated alkanes) is 4. The van der Waals surface area contributed by atoms with Crippen LogP contribution in [0.25, 0.3) is 0 Å². The lowest BCUT2D eigenvalue weighted by Crippen LogP contribution is -2.50. The third-order valence-corrected chi connectivity index (χ3v) is 5.22. The van der Waals surface area contributed by atoms with Gasteiger partial charge in [-0.25, -0.2) is 4.79 Å². The molecule has 28 heavy (non-hydrogen) atoms. The van der Waals surface area contributed by atoms with Gasteiger partial charge in [0.25, 0.3) is 0 Å². The van der Waals surface area contributed by atoms with Crippen LogP contribution >= 0.6 is 0 Å². The number of ether oxygens (including phenoxy) is 1. The predicted molar refractivity (Wildman–Crippen MR) is 117 cm³/mol. The van der Waals surface area contributed by atoms with E-state index in [-0.39, 0.29) is 5.75 Å². The number of hydrogen-bond donors (Lipinski definition) is 0. The van der Waals surface area contributed by atoms with Gasteiger partial charge >= 0.3 is 5.97 Å². The minimum atomic E-state index is -0.426. The van der Waals surface area contributed by atoms with E-state index in [0.29, 0.717) is 5.56 Å². The molecule has 1 rings (SSSR count). The Morgan fingerprint density at radius 1 is 0.786 bits per heavy atom. The largest absolute Gasteiger partial charge is 0.872 e. The van der Waals surface area contributed by atoms with Gasteiger partial charge in [0.15, 0.2) is 0 Å². The number of nitrogens with zero attached hydrogens (tertiary/aromatic N) is 1. The van der Waals surface area contributed by atoms with Gasteiger partial charge in [-0.05, 0) is 37.8 Å². The maximum atomic E-state index is 10.8. The van der Waals surface area contributed by atoms with Gasteiger partial charge in [-0.15, -0.1) is 5.75 Å². The number of quaternary nitrogens is 1. The molecule has 1 aromatic carbocycles. The van der Waals surface area contributed by atoms with E-state index < -0.39 is 5.97 Å². The van der Waals surface area contributed by atoms with Crippen LogP contribution in [0.3, 0.4) is 0 Å². The first-order valence-electron chi connectivity index (χ1n) is 11.2. The van der Waals surface area contributed by atoms with Crippen LogP contribution in [-0.2, 0) is 4.74 Å². The number of carbonyl (C=O) groups is 1. The summed E-state index contributed by atoms with van der Waals surface area (Å²) in [7, 11) is 1.30. The molecule has 0 saturated carbocycles. The summed E-state index contributed by atoms with van der Waals surface area (Å²) in [5.41, 5.74) is 0.395. The van der Waals surface area contributed by atoms with Gasteiger partial charge in [-0.2, -0.15) is 0 Å². The van der Waals surface area contributed by atoms with Gasteiger partial charge in [0, 0.05) is 0 Å². The fraction of sp³-hybridized carbons (Fsp3) is 0.708. The average Bonchev–Trinajstić information content (AvgIpc) is 2.73. The summed E-state index contributed by atoms with van der Waals surface area (Å²) >= 11 is 0. The summed E-state index contributed by atoms with van der Waals surface area (Å²) in [6.07, 6.45) is 11.1. The molecule has 0 aliphatic carbocycles. The second kappa shape index (κ2) is 16.4. The highest BCUT2D eigenvalue weighted by molar-refractivity contribution is 5.89. The van der Waals surface area contributed by atoms with Crippen molar-refractivity contribution in [3.63, 3.8) is 0 Å². The average molecular weight is 394 g/mol. The fourth-order valence-corrected chi connectivity index (χ4v) is 3.35. The minimum Gasteiger partial charge on any atom is -0.872 e. The van der Waals surface area contributed by atoms with Crippen LogP contribution in [-0.4, -0.2) is 43.7 Å². The van der Waals surface area contributed by atoms with Crippen LogP contribution in [0.2, 0.25) is 0 Å². The highest BCUT2D eigenvalue weighted by Gasteiger charge is 2.24. The molecule has 0 aliphatic rings. The number of rotatable bonds is 13. The molecule has 4 nitrogen and oxygen atoms in total. The first-order valence-corrected chi connectivity index (χ1v) is 11.2. The summed E-state index contributed by atoms with van der Waals surface area (Å²) in [5, 5.41) is 10.6. The lowest BCUT2D eigenvalue weighted by molar-refractivity contribution is -0.929. The molecule has 0 aromatic heterocycles. The predicted octanol–water partition coefficient (Wildman–Crippen LogP) is 5.55. The molecule has 0 spiro atoms. The van der Waals surface area contributed by atoms with Crippen LogP contribution in [0.1, 0.15) is 89.4 Å². The van der Waals surface area contributed by atoms with Gasteiger partial charge in [0.05, 0.1) is 38.9 Å². The molecule has 0 amide bonds. The highest BCUT2D eigenvalue weighted by atomic mass is 16.5. The van der Waals surface area contributed by atoms with Gasteiger partial charge in [0.2, 0.25) is 0 Å². The smallest absolute Gasteiger partial charge is 0.337 e. The number of hydrogen-bond acceptors (Lipinski definition) is 3. The van der Waals surface area contributed by atoms with E-state index in [9.17, 15) is 9.90 Å². The zero-order chi connectivity index (χ0) is 21.3. The van der Waals surface area contributed by atoms with E-state index in [1.165, 1.54) is 113 Å². The summed E-state index contributed by atoms with van der Waals surface area (Å²) in [4.78, 5) is 10.8. The van der Waals surface area contributed by atoms with E-state index in [4.69, 9.17) is 0 Å². The van der Waals surface area contributed by atoms with Crippen molar-refractivity contribution in [1.82, 2.24) is 0 Å². The quantitative estimate of drug-likeness (QED) is 0.326. The van der Waals surface area contributed by atoms with Crippen LogP contribution in [0, 0.1) is 0 Å². The standard InChI is InChI=1S/C16H36N.C8H8O3/c1-5-9-13-17(14-10-6-2,15-11-7-3)16-12-8-4;1-11-8(10)6-2-4-7(9)5-3-6/h5-16H2,1-4H3;2-5,9H,1H3/q+1;/p-1. The van der Waals surface area contributed by atoms with Crippen LogP contribution in [0.5, 0.6) is 5.75 Å². The van der Waals surface area contributed by atoms with Crippen molar-refractivity contribution in [2.45, 2.75) is 79.1 Å². The molecule has 0 atom stereocenters. The molecule has 4 heteroatoms. The van der Waals surface area contributed by atoms with Crippen molar-refractivity contribution in [3.05, 3.63) is 29.8 Å². The molecule has 0 N–H and O–H groups in total. The molecule has 162 valence electrons. The molecule has 0 heterocycles. The molecule has 0 aliphatic heterocycles. The van der Waals surface area contributed by atoms with Crippen molar-refractivity contribution >= 4 is 5.97 Å². The van der Waals surface area contributed by atoms with Gasteiger partial charge in [-0.1, -0.05) is 65.5 Å². The summed E-state index contributed by atoms with van der Waals surface area (Å²) in [6.45, 7) is 15.0. The maximum absolute atomic E-state index is 10.8. The highest BCUT2D eigenvalue weighted by Crippen LogP contribution is 2.16. The lowest BCUT2D eigenvalue weighted by Gasteiger charge is -2.39. The van der Waals surface area contributed by atoms with Crippen molar-refractivity contribution in [1.29, 1.82) is 0 Å². The van der Waals surface area contributed by atoms with Crippen molar-refractivity contribution in [3.8, 4) is 5.75 Å². The monoisotopic (exact) mass is 393 g/mol. The third kappa shape index (κ3) is 11.3. The van der Waals surface area contributed by atoms with Gasteiger partial charge in [-0.3, -0.25) is 0 Å². The fourth-order valence-electron chi connectivity index (χ4n) is 3.35. The molecule has 1 aromatic rings. The Balaban J connectivity index is 0.000000567. The Hall–Kier alpha value is -1.55. The van der Waals surface area contributed by atoms with Gasteiger partial charge in [0.1, 0.15) is 0 Å². The number of carbonyl (C=O) groups excluding carboxylic acids is 1. The molecule has 0 unspecified atom stereocenters. The first-order chi connectivity index (χ1) is 13.5. The second-order valence-corrected chi connectivity index (χ2v) is 7.67. The van der Waals surface area contributed by atoms with Crippen LogP contribution in [0.4, 0.5) is 0 Å². The Labute approximate surface area is 173 Å². The zero-order valence-corrected chi connectivity index (χ0v) is 19.0. The van der Waals surface area contributed by atoms with E-state index in [2.05, 4.69) is 32.4 Å². The number of esters is 1. The molecule has 0 radical (unpaired) electrons. The van der Waals surface area contributed by atoms with E-state index in [1.807, 2.05) is 0 Å². The molecule has 0 fully saturated rings. The van der Waals surface area contributed by atoms with E-state index in [0.717, 1.165) is 0 Å². The first kappa shape index (κ1) is 26.4. The number of methoxy groups -OCH3 is 1. The third-order valence-electron chi connectivity index (χ3n) is 5.22. The Kier molecular flexibility index (Phi) is 15.5. The normalized spacial score (nSPS) is 10.9. The van der Waals surface area contributed by atoms with E-state index >= 15 is 0 Å². The summed E-state index contributed by atoms with van der Waals surface area (Å²) < 4.78 is 5.86. The molecular formula is C24H43NO3. The van der Waals surface area contributed by atoms with Crippen molar-refractivity contribution < 1.29 is 19.1 Å². The zero-order valence-electron chi connectivity index (χ0n) is 19.0. The van der Waals surface area contributed by atoms with E-state index in [1.54, 1.807) is 0 Å². The summed E-state index contributed by atoms with van der Waals surface area (Å²) in [5.74, 6) is -0.539. The van der Waals surface area contributed by atoms with Crippen LogP contribution < -0.4 is 5.11 Å². The Morgan fingerprint density at radius 2 is 1.14 bits per heavy atom. The SMILES string of the molecule is CCCC[N+](CCCC)(CCCC)CCCC.COC(=O)c1ccc([O-])cc1. The number of benzene rings is 1. The lowest BCUT2D eigenvalue weighted by atomic mass is 10.1. The molecular weight excluding hydrogens is 350 g/mol. The Bertz CT molecular complexity index is 462.